The highest BCUT2D eigenvalue weighted by atomic mass is 19.1. The monoisotopic (exact) mass is 448 g/mol. The van der Waals surface area contributed by atoms with E-state index in [1.165, 1.54) is 36.3 Å². The molecule has 33 heavy (non-hydrogen) atoms. The number of ether oxygens (including phenoxy) is 1. The van der Waals surface area contributed by atoms with Gasteiger partial charge in [0.15, 0.2) is 0 Å². The highest BCUT2D eigenvalue weighted by Gasteiger charge is 2.46. The number of methoxy groups -OCH3 is 1. The van der Waals surface area contributed by atoms with Crippen LogP contribution in [0.4, 0.5) is 20.6 Å². The first-order valence-corrected chi connectivity index (χ1v) is 10.2. The first-order chi connectivity index (χ1) is 16.0. The summed E-state index contributed by atoms with van der Waals surface area (Å²) in [5.41, 5.74) is 1.49. The van der Waals surface area contributed by atoms with E-state index in [-0.39, 0.29) is 13.0 Å². The maximum atomic E-state index is 13.3. The maximum Gasteiger partial charge on any atom is 0.332 e. The van der Waals surface area contributed by atoms with Crippen molar-refractivity contribution in [3.63, 3.8) is 0 Å². The van der Waals surface area contributed by atoms with Gasteiger partial charge in [-0.1, -0.05) is 6.07 Å². The van der Waals surface area contributed by atoms with Crippen LogP contribution in [0.1, 0.15) is 12.0 Å². The Balaban J connectivity index is 1.59. The molecular weight excluding hydrogens is 427 g/mol. The molecule has 0 spiro atoms. The van der Waals surface area contributed by atoms with Gasteiger partial charge in [-0.3, -0.25) is 14.6 Å². The Morgan fingerprint density at radius 2 is 1.82 bits per heavy atom. The molecule has 1 atom stereocenters. The van der Waals surface area contributed by atoms with Crippen LogP contribution < -0.4 is 15.0 Å². The molecule has 1 N–H and O–H groups in total. The van der Waals surface area contributed by atoms with Crippen molar-refractivity contribution in [2.75, 3.05) is 17.3 Å². The smallest absolute Gasteiger partial charge is 0.332 e. The highest BCUT2D eigenvalue weighted by molar-refractivity contribution is 6.22. The number of carbonyl (C=O) groups is 3. The minimum atomic E-state index is -1.01. The molecule has 1 fully saturated rings. The predicted octanol–water partition coefficient (Wildman–Crippen LogP) is 3.60. The molecule has 4 rings (SSSR count). The number of urea groups is 1. The van der Waals surface area contributed by atoms with Crippen LogP contribution in [-0.4, -0.2) is 40.9 Å². The van der Waals surface area contributed by atoms with Gasteiger partial charge in [-0.25, -0.2) is 14.1 Å². The van der Waals surface area contributed by atoms with Crippen molar-refractivity contribution in [1.29, 1.82) is 0 Å². The maximum absolute atomic E-state index is 13.3. The Kier molecular flexibility index (Phi) is 6.30. The molecule has 0 bridgehead atoms. The Morgan fingerprint density at radius 3 is 2.45 bits per heavy atom. The molecule has 1 saturated heterocycles. The third-order valence-electron chi connectivity index (χ3n) is 5.23. The van der Waals surface area contributed by atoms with Crippen LogP contribution >= 0.6 is 0 Å². The Hall–Kier alpha value is -4.27. The van der Waals surface area contributed by atoms with Gasteiger partial charge in [-0.05, 0) is 60.2 Å². The molecule has 9 heteroatoms. The van der Waals surface area contributed by atoms with E-state index in [1.807, 2.05) is 0 Å². The van der Waals surface area contributed by atoms with Crippen LogP contribution in [0.15, 0.2) is 73.1 Å². The number of pyridine rings is 1. The molecule has 2 aromatic carbocycles. The molecule has 8 nitrogen and oxygen atoms in total. The number of nitrogens with one attached hydrogen (secondary N) is 1. The number of aromatic nitrogens is 1. The van der Waals surface area contributed by atoms with Crippen LogP contribution in [-0.2, 0) is 16.1 Å². The summed E-state index contributed by atoms with van der Waals surface area (Å²) < 4.78 is 18.3. The van der Waals surface area contributed by atoms with Crippen molar-refractivity contribution < 1.29 is 23.5 Å². The van der Waals surface area contributed by atoms with Crippen molar-refractivity contribution in [3.05, 3.63) is 84.4 Å². The normalized spacial score (nSPS) is 15.6. The number of nitrogens with zero attached hydrogens (tertiary/aromatic N) is 3. The summed E-state index contributed by atoms with van der Waals surface area (Å²) in [6, 6.07) is 13.8. The van der Waals surface area contributed by atoms with E-state index >= 15 is 0 Å². The van der Waals surface area contributed by atoms with Crippen LogP contribution in [0.2, 0.25) is 0 Å². The number of imide groups is 1. The lowest BCUT2D eigenvalue weighted by Crippen LogP contribution is -2.37. The van der Waals surface area contributed by atoms with Gasteiger partial charge in [0.25, 0.3) is 5.91 Å². The Labute approximate surface area is 189 Å². The number of benzene rings is 2. The van der Waals surface area contributed by atoms with E-state index in [9.17, 15) is 18.8 Å². The molecule has 0 saturated carbocycles. The molecule has 1 aliphatic heterocycles. The second-order valence-electron chi connectivity index (χ2n) is 7.42. The quantitative estimate of drug-likeness (QED) is 0.558. The largest absolute Gasteiger partial charge is 0.497 e. The van der Waals surface area contributed by atoms with E-state index < -0.39 is 29.7 Å². The summed E-state index contributed by atoms with van der Waals surface area (Å²) in [5.74, 6) is -0.827. The third-order valence-corrected chi connectivity index (χ3v) is 5.23. The molecule has 1 aromatic heterocycles. The fourth-order valence-electron chi connectivity index (χ4n) is 3.59. The van der Waals surface area contributed by atoms with E-state index in [0.29, 0.717) is 17.1 Å². The van der Waals surface area contributed by atoms with Crippen LogP contribution in [0.5, 0.6) is 5.75 Å². The van der Waals surface area contributed by atoms with Gasteiger partial charge in [-0.2, -0.15) is 0 Å². The lowest BCUT2D eigenvalue weighted by atomic mass is 10.1. The molecule has 4 amide bonds. The fraction of sp³-hybridized carbons (Fsp3) is 0.167. The average Bonchev–Trinajstić information content (AvgIpc) is 3.05. The first kappa shape index (κ1) is 21.9. The highest BCUT2D eigenvalue weighted by Crippen LogP contribution is 2.29. The SMILES string of the molecule is COc1ccc(N2C(=O)[C@@H](CC(=O)Nc3ccc(F)cc3)N(Cc3cccnc3)C2=O)cc1. The number of halogens is 1. The summed E-state index contributed by atoms with van der Waals surface area (Å²) in [6.45, 7) is 0.111. The van der Waals surface area contributed by atoms with Crippen LogP contribution in [0.25, 0.3) is 0 Å². The van der Waals surface area contributed by atoms with E-state index in [1.54, 1.807) is 48.8 Å². The minimum absolute atomic E-state index is 0.111. The van der Waals surface area contributed by atoms with Crippen molar-refractivity contribution in [1.82, 2.24) is 9.88 Å². The molecule has 0 unspecified atom stereocenters. The minimum Gasteiger partial charge on any atom is -0.497 e. The van der Waals surface area contributed by atoms with Gasteiger partial charge in [0, 0.05) is 24.6 Å². The number of carbonyl (C=O) groups excluding carboxylic acids is 3. The Bertz CT molecular complexity index is 1150. The molecule has 168 valence electrons. The number of anilines is 2. The molecular formula is C24H21FN4O4. The van der Waals surface area contributed by atoms with Gasteiger partial charge in [0.1, 0.15) is 17.6 Å². The number of hydrogen-bond acceptors (Lipinski definition) is 5. The van der Waals surface area contributed by atoms with Crippen LogP contribution in [0, 0.1) is 5.82 Å². The topological polar surface area (TPSA) is 91.8 Å². The number of hydrogen-bond donors (Lipinski definition) is 1. The summed E-state index contributed by atoms with van der Waals surface area (Å²) in [7, 11) is 1.52. The van der Waals surface area contributed by atoms with Gasteiger partial charge in [0.2, 0.25) is 5.91 Å². The molecule has 0 aliphatic carbocycles. The summed E-state index contributed by atoms with van der Waals surface area (Å²) in [6.07, 6.45) is 2.95. The summed E-state index contributed by atoms with van der Waals surface area (Å²) >= 11 is 0. The van der Waals surface area contributed by atoms with Crippen LogP contribution in [0.3, 0.4) is 0 Å². The van der Waals surface area contributed by atoms with Gasteiger partial charge >= 0.3 is 6.03 Å². The lowest BCUT2D eigenvalue weighted by Gasteiger charge is -2.21. The van der Waals surface area contributed by atoms with Crippen molar-refractivity contribution >= 4 is 29.2 Å². The van der Waals surface area contributed by atoms with Crippen molar-refractivity contribution in [2.24, 2.45) is 0 Å². The fourth-order valence-corrected chi connectivity index (χ4v) is 3.59. The second kappa shape index (κ2) is 9.47. The zero-order chi connectivity index (χ0) is 23.4. The first-order valence-electron chi connectivity index (χ1n) is 10.2. The summed E-state index contributed by atoms with van der Waals surface area (Å²) in [5, 5.41) is 2.64. The van der Waals surface area contributed by atoms with E-state index in [4.69, 9.17) is 4.74 Å². The summed E-state index contributed by atoms with van der Waals surface area (Å²) in [4.78, 5) is 45.7. The van der Waals surface area contributed by atoms with E-state index in [0.717, 1.165) is 10.5 Å². The zero-order valence-electron chi connectivity index (χ0n) is 17.8. The molecule has 2 heterocycles. The van der Waals surface area contributed by atoms with Crippen molar-refractivity contribution in [3.8, 4) is 5.75 Å². The molecule has 1 aliphatic rings. The lowest BCUT2D eigenvalue weighted by molar-refractivity contribution is -0.124. The average molecular weight is 448 g/mol. The number of rotatable bonds is 7. The van der Waals surface area contributed by atoms with Gasteiger partial charge in [0.05, 0.1) is 19.2 Å². The molecule has 3 aromatic rings. The zero-order valence-corrected chi connectivity index (χ0v) is 17.8. The Morgan fingerprint density at radius 1 is 1.09 bits per heavy atom. The number of amides is 4. The van der Waals surface area contributed by atoms with E-state index in [2.05, 4.69) is 10.3 Å². The van der Waals surface area contributed by atoms with Gasteiger partial charge < -0.3 is 15.0 Å². The third kappa shape index (κ3) is 4.82. The predicted molar refractivity (Wildman–Crippen MR) is 119 cm³/mol. The van der Waals surface area contributed by atoms with Crippen molar-refractivity contribution in [2.45, 2.75) is 19.0 Å². The standard InChI is InChI=1S/C24H21FN4O4/c1-33-20-10-8-19(9-11-20)29-23(31)21(13-22(30)27-18-6-4-17(25)5-7-18)28(24(29)32)15-16-3-2-12-26-14-16/h2-12,14,21H,13,15H2,1H3,(H,27,30)/t21-/m1/s1. The van der Waals surface area contributed by atoms with Gasteiger partial charge in [-0.15, -0.1) is 0 Å². The molecule has 0 radical (unpaired) electrons. The second-order valence-corrected chi connectivity index (χ2v) is 7.42.